The smallest absolute Gasteiger partial charge is 0.248 e. The third-order valence-electron chi connectivity index (χ3n) is 5.28. The number of nitrogen functional groups attached to an aromatic ring is 1. The minimum absolute atomic E-state index is 0.212. The molecule has 0 aliphatic rings. The highest BCUT2D eigenvalue weighted by Crippen LogP contribution is 2.26. The Labute approximate surface area is 215 Å². The second kappa shape index (κ2) is 12.5. The zero-order valence-electron chi connectivity index (χ0n) is 20.0. The molecule has 0 radical (unpaired) electrons. The molecule has 0 unspecified atom stereocenters. The summed E-state index contributed by atoms with van der Waals surface area (Å²) in [6.07, 6.45) is 8.16. The van der Waals surface area contributed by atoms with Gasteiger partial charge in [0, 0.05) is 29.7 Å². The maximum Gasteiger partial charge on any atom is 0.248 e. The van der Waals surface area contributed by atoms with Gasteiger partial charge in [0.2, 0.25) is 11.8 Å². The summed E-state index contributed by atoms with van der Waals surface area (Å²) in [4.78, 5) is 28.9. The molecule has 4 rings (SSSR count). The zero-order valence-corrected chi connectivity index (χ0v) is 20.0. The topological polar surface area (TPSA) is 96.6 Å². The fourth-order valence-corrected chi connectivity index (χ4v) is 3.37. The minimum Gasteiger partial charge on any atom is -0.397 e. The molecule has 4 aromatic carbocycles. The van der Waals surface area contributed by atoms with Crippen molar-refractivity contribution >= 4 is 52.9 Å². The number of carbonyl (C=O) groups is 2. The number of hydrogen-bond donors (Lipinski definition) is 3. The first-order valence-corrected chi connectivity index (χ1v) is 11.7. The molecule has 6 nitrogen and oxygen atoms in total. The second-order valence-electron chi connectivity index (χ2n) is 8.12. The predicted octanol–water partition coefficient (Wildman–Crippen LogP) is 6.32. The number of amides is 2. The number of nitrogens with two attached hydrogens (primary N) is 1. The second-order valence-corrected chi connectivity index (χ2v) is 8.12. The molecular weight excluding hydrogens is 460 g/mol. The molecule has 0 bridgehead atoms. The molecule has 4 N–H and O–H groups in total. The first kappa shape index (κ1) is 24.9. The van der Waals surface area contributed by atoms with E-state index >= 15 is 0 Å². The van der Waals surface area contributed by atoms with Gasteiger partial charge in [-0.3, -0.25) is 14.6 Å². The van der Waals surface area contributed by atoms with Crippen molar-refractivity contribution < 1.29 is 9.59 Å². The highest BCUT2D eigenvalue weighted by atomic mass is 16.2. The highest BCUT2D eigenvalue weighted by molar-refractivity contribution is 6.03. The van der Waals surface area contributed by atoms with Crippen LogP contribution in [0.4, 0.5) is 22.7 Å². The standard InChI is InChI=1S/C31H26N4O2/c32-28-18-17-27(35-31(37)20-14-24-9-5-2-6-10-24)21-29(28)33-22-25-11-15-26(16-12-25)34-30(36)19-13-23-7-3-1-4-8-23/h1-22H,32H2,(H,34,36)(H,35,37)/b19-13+,20-14+,33-22?. The number of hydrogen-bond acceptors (Lipinski definition) is 4. The van der Waals surface area contributed by atoms with Gasteiger partial charge in [0.25, 0.3) is 0 Å². The predicted molar refractivity (Wildman–Crippen MR) is 153 cm³/mol. The molecule has 0 fully saturated rings. The molecule has 182 valence electrons. The number of nitrogens with zero attached hydrogens (tertiary/aromatic N) is 1. The number of benzene rings is 4. The van der Waals surface area contributed by atoms with E-state index in [0.29, 0.717) is 22.7 Å². The van der Waals surface area contributed by atoms with Gasteiger partial charge in [-0.1, -0.05) is 72.8 Å². The summed E-state index contributed by atoms with van der Waals surface area (Å²) in [6.45, 7) is 0. The Bertz CT molecular complexity index is 1440. The maximum atomic E-state index is 12.3. The van der Waals surface area contributed by atoms with Crippen LogP contribution in [0.25, 0.3) is 12.2 Å². The van der Waals surface area contributed by atoms with Gasteiger partial charge in [-0.2, -0.15) is 0 Å². The average Bonchev–Trinajstić information content (AvgIpc) is 2.93. The molecule has 2 amide bonds. The van der Waals surface area contributed by atoms with Crippen LogP contribution in [0.2, 0.25) is 0 Å². The molecular formula is C31H26N4O2. The summed E-state index contributed by atoms with van der Waals surface area (Å²) in [5.74, 6) is -0.463. The van der Waals surface area contributed by atoms with Crippen LogP contribution in [0, 0.1) is 0 Å². The molecule has 0 saturated carbocycles. The summed E-state index contributed by atoms with van der Waals surface area (Å²) in [7, 11) is 0. The highest BCUT2D eigenvalue weighted by Gasteiger charge is 2.03. The average molecular weight is 487 g/mol. The molecule has 0 aliphatic heterocycles. The number of aliphatic imine (C=N–C) groups is 1. The number of carbonyl (C=O) groups excluding carboxylic acids is 2. The van der Waals surface area contributed by atoms with Gasteiger partial charge < -0.3 is 16.4 Å². The van der Waals surface area contributed by atoms with Crippen LogP contribution in [-0.2, 0) is 9.59 Å². The van der Waals surface area contributed by atoms with E-state index in [1.165, 1.54) is 12.2 Å². The molecule has 37 heavy (non-hydrogen) atoms. The van der Waals surface area contributed by atoms with E-state index in [4.69, 9.17) is 5.73 Å². The van der Waals surface area contributed by atoms with E-state index in [2.05, 4.69) is 15.6 Å². The van der Waals surface area contributed by atoms with Crippen molar-refractivity contribution in [3.63, 3.8) is 0 Å². The monoisotopic (exact) mass is 486 g/mol. The lowest BCUT2D eigenvalue weighted by molar-refractivity contribution is -0.112. The van der Waals surface area contributed by atoms with Crippen molar-refractivity contribution in [2.24, 2.45) is 4.99 Å². The lowest BCUT2D eigenvalue weighted by Crippen LogP contribution is -2.07. The normalized spacial score (nSPS) is 11.2. The van der Waals surface area contributed by atoms with Crippen molar-refractivity contribution in [1.29, 1.82) is 0 Å². The van der Waals surface area contributed by atoms with Crippen LogP contribution in [0.15, 0.2) is 120 Å². The Morgan fingerprint density at radius 3 is 1.70 bits per heavy atom. The molecule has 0 heterocycles. The Balaban J connectivity index is 1.35. The number of rotatable bonds is 8. The summed E-state index contributed by atoms with van der Waals surface area (Å²) < 4.78 is 0. The molecule has 4 aromatic rings. The van der Waals surface area contributed by atoms with Crippen molar-refractivity contribution in [2.45, 2.75) is 0 Å². The fraction of sp³-hybridized carbons (Fsp3) is 0. The Kier molecular flexibility index (Phi) is 8.38. The van der Waals surface area contributed by atoms with Crippen LogP contribution in [0.1, 0.15) is 16.7 Å². The minimum atomic E-state index is -0.250. The number of nitrogens with one attached hydrogen (secondary N) is 2. The molecule has 6 heteroatoms. The molecule has 0 saturated heterocycles. The van der Waals surface area contributed by atoms with E-state index in [1.54, 1.807) is 48.7 Å². The summed E-state index contributed by atoms with van der Waals surface area (Å²) in [6, 6.07) is 31.6. The van der Waals surface area contributed by atoms with E-state index < -0.39 is 0 Å². The lowest BCUT2D eigenvalue weighted by Gasteiger charge is -2.06. The van der Waals surface area contributed by atoms with Crippen molar-refractivity contribution in [1.82, 2.24) is 0 Å². The van der Waals surface area contributed by atoms with Gasteiger partial charge in [-0.15, -0.1) is 0 Å². The number of anilines is 3. The molecule has 0 spiro atoms. The van der Waals surface area contributed by atoms with Crippen LogP contribution in [0.3, 0.4) is 0 Å². The van der Waals surface area contributed by atoms with E-state index in [0.717, 1.165) is 16.7 Å². The van der Waals surface area contributed by atoms with Crippen molar-refractivity contribution in [2.75, 3.05) is 16.4 Å². The quantitative estimate of drug-likeness (QED) is 0.154. The van der Waals surface area contributed by atoms with Crippen LogP contribution in [0.5, 0.6) is 0 Å². The Morgan fingerprint density at radius 1 is 0.622 bits per heavy atom. The van der Waals surface area contributed by atoms with E-state index in [-0.39, 0.29) is 11.8 Å². The SMILES string of the molecule is Nc1ccc(NC(=O)/C=C/c2ccccc2)cc1N=Cc1ccc(NC(=O)/C=C/c2ccccc2)cc1. The van der Waals surface area contributed by atoms with Crippen molar-refractivity contribution in [3.8, 4) is 0 Å². The van der Waals surface area contributed by atoms with E-state index in [9.17, 15) is 9.59 Å². The van der Waals surface area contributed by atoms with Gasteiger partial charge in [0.15, 0.2) is 0 Å². The van der Waals surface area contributed by atoms with Gasteiger partial charge >= 0.3 is 0 Å². The molecule has 0 aliphatic carbocycles. The first-order valence-electron chi connectivity index (χ1n) is 11.7. The molecule has 0 aromatic heterocycles. The van der Waals surface area contributed by atoms with Gasteiger partial charge in [0.1, 0.15) is 0 Å². The lowest BCUT2D eigenvalue weighted by atomic mass is 10.2. The van der Waals surface area contributed by atoms with E-state index in [1.807, 2.05) is 72.8 Å². The third kappa shape index (κ3) is 7.90. The maximum absolute atomic E-state index is 12.3. The van der Waals surface area contributed by atoms with Crippen LogP contribution < -0.4 is 16.4 Å². The van der Waals surface area contributed by atoms with Crippen LogP contribution in [-0.4, -0.2) is 18.0 Å². The zero-order chi connectivity index (χ0) is 25.9. The largest absolute Gasteiger partial charge is 0.397 e. The van der Waals surface area contributed by atoms with Gasteiger partial charge in [0.05, 0.1) is 11.4 Å². The summed E-state index contributed by atoms with van der Waals surface area (Å²) in [5, 5.41) is 5.66. The third-order valence-corrected chi connectivity index (χ3v) is 5.28. The Morgan fingerprint density at radius 2 is 1.14 bits per heavy atom. The van der Waals surface area contributed by atoms with Gasteiger partial charge in [-0.25, -0.2) is 0 Å². The molecule has 0 atom stereocenters. The van der Waals surface area contributed by atoms with Gasteiger partial charge in [-0.05, 0) is 59.2 Å². The van der Waals surface area contributed by atoms with Crippen LogP contribution >= 0.6 is 0 Å². The van der Waals surface area contributed by atoms with Crippen molar-refractivity contribution in [3.05, 3.63) is 132 Å². The summed E-state index contributed by atoms with van der Waals surface area (Å²) >= 11 is 0. The fourth-order valence-electron chi connectivity index (χ4n) is 3.37. The Hall–Kier alpha value is -5.23. The first-order chi connectivity index (χ1) is 18.0. The summed E-state index contributed by atoms with van der Waals surface area (Å²) in [5.41, 5.74) is 11.1.